The summed E-state index contributed by atoms with van der Waals surface area (Å²) in [6.07, 6.45) is 1.03. The van der Waals surface area contributed by atoms with Gasteiger partial charge in [-0.05, 0) is 36.7 Å². The van der Waals surface area contributed by atoms with Crippen LogP contribution in [0.15, 0.2) is 23.1 Å². The Morgan fingerprint density at radius 3 is 2.94 bits per heavy atom. The predicted octanol–water partition coefficient (Wildman–Crippen LogP) is 2.59. The van der Waals surface area contributed by atoms with Crippen LogP contribution in [-0.2, 0) is 16.1 Å². The first-order valence-electron chi connectivity index (χ1n) is 5.86. The van der Waals surface area contributed by atoms with E-state index in [2.05, 4.69) is 17.0 Å². The molecule has 1 rings (SSSR count). The number of nitrogens with one attached hydrogen (secondary N) is 1. The van der Waals surface area contributed by atoms with E-state index in [0.29, 0.717) is 6.54 Å². The van der Waals surface area contributed by atoms with Crippen LogP contribution in [0, 0.1) is 5.82 Å². The molecule has 5 heteroatoms. The molecule has 0 spiro atoms. The number of hydrogen-bond donors (Lipinski definition) is 1. The summed E-state index contributed by atoms with van der Waals surface area (Å²) in [5.74, 6) is -0.300. The molecule has 0 heterocycles. The number of carbonyl (C=O) groups is 1. The molecule has 18 heavy (non-hydrogen) atoms. The molecule has 100 valence electrons. The molecule has 0 radical (unpaired) electrons. The van der Waals surface area contributed by atoms with Crippen molar-refractivity contribution in [3.05, 3.63) is 29.6 Å². The first-order chi connectivity index (χ1) is 8.67. The summed E-state index contributed by atoms with van der Waals surface area (Å²) in [4.78, 5) is 12.0. The van der Waals surface area contributed by atoms with E-state index in [-0.39, 0.29) is 17.5 Å². The molecule has 0 saturated carbocycles. The summed E-state index contributed by atoms with van der Waals surface area (Å²) >= 11 is 1.37. The van der Waals surface area contributed by atoms with Crippen LogP contribution < -0.4 is 5.32 Å². The van der Waals surface area contributed by atoms with E-state index < -0.39 is 0 Å². The molecule has 1 N–H and O–H groups in total. The number of carbonyl (C=O) groups excluding carboxylic acids is 1. The predicted molar refractivity (Wildman–Crippen MR) is 71.1 cm³/mol. The minimum atomic E-state index is -0.281. The van der Waals surface area contributed by atoms with Crippen LogP contribution in [0.5, 0.6) is 0 Å². The fourth-order valence-electron chi connectivity index (χ4n) is 1.42. The van der Waals surface area contributed by atoms with Crippen molar-refractivity contribution in [1.82, 2.24) is 5.32 Å². The van der Waals surface area contributed by atoms with Crippen molar-refractivity contribution in [2.45, 2.75) is 24.8 Å². The third kappa shape index (κ3) is 5.06. The van der Waals surface area contributed by atoms with Crippen molar-refractivity contribution in [3.63, 3.8) is 0 Å². The third-order valence-corrected chi connectivity index (χ3v) is 3.43. The quantitative estimate of drug-likeness (QED) is 0.470. The second-order valence-electron chi connectivity index (χ2n) is 3.79. The largest absolute Gasteiger partial charge is 0.468 e. The number of rotatable bonds is 7. The Hall–Kier alpha value is -1.07. The van der Waals surface area contributed by atoms with Crippen LogP contribution in [0.1, 0.15) is 18.9 Å². The zero-order valence-corrected chi connectivity index (χ0v) is 11.5. The zero-order chi connectivity index (χ0) is 13.4. The van der Waals surface area contributed by atoms with Crippen molar-refractivity contribution < 1.29 is 13.9 Å². The van der Waals surface area contributed by atoms with Gasteiger partial charge in [0.25, 0.3) is 0 Å². The molecule has 0 bridgehead atoms. The van der Waals surface area contributed by atoms with E-state index >= 15 is 0 Å². The first kappa shape index (κ1) is 15.0. The number of methoxy groups -OCH3 is 1. The number of halogens is 1. The van der Waals surface area contributed by atoms with E-state index in [1.54, 1.807) is 6.07 Å². The van der Waals surface area contributed by atoms with Crippen LogP contribution >= 0.6 is 11.8 Å². The van der Waals surface area contributed by atoms with Gasteiger partial charge in [-0.3, -0.25) is 4.79 Å². The van der Waals surface area contributed by atoms with Crippen LogP contribution in [0.3, 0.4) is 0 Å². The zero-order valence-electron chi connectivity index (χ0n) is 10.7. The average Bonchev–Trinajstić information content (AvgIpc) is 2.37. The van der Waals surface area contributed by atoms with E-state index in [1.165, 1.54) is 31.0 Å². The molecule has 0 aromatic heterocycles. The van der Waals surface area contributed by atoms with Crippen molar-refractivity contribution in [2.75, 3.05) is 19.4 Å². The van der Waals surface area contributed by atoms with Crippen molar-refractivity contribution in [3.8, 4) is 0 Å². The van der Waals surface area contributed by atoms with Gasteiger partial charge >= 0.3 is 5.97 Å². The lowest BCUT2D eigenvalue weighted by atomic mass is 10.2. The lowest BCUT2D eigenvalue weighted by molar-refractivity contribution is -0.137. The maximum absolute atomic E-state index is 13.2. The molecule has 1 aromatic rings. The van der Waals surface area contributed by atoms with Crippen molar-refractivity contribution in [1.29, 1.82) is 0 Å². The number of hydrogen-bond acceptors (Lipinski definition) is 4. The fourth-order valence-corrected chi connectivity index (χ4v) is 2.29. The normalized spacial score (nSPS) is 10.4. The summed E-state index contributed by atoms with van der Waals surface area (Å²) in [5.41, 5.74) is 0.873. The Morgan fingerprint density at radius 2 is 2.28 bits per heavy atom. The molecule has 0 aliphatic rings. The summed E-state index contributed by atoms with van der Waals surface area (Å²) in [6, 6.07) is 4.61. The van der Waals surface area contributed by atoms with Gasteiger partial charge in [0.15, 0.2) is 0 Å². The van der Waals surface area contributed by atoms with E-state index in [0.717, 1.165) is 23.4 Å². The van der Waals surface area contributed by atoms with Crippen LogP contribution in [0.25, 0.3) is 0 Å². The molecule has 0 unspecified atom stereocenters. The summed E-state index contributed by atoms with van der Waals surface area (Å²) < 4.78 is 17.8. The summed E-state index contributed by atoms with van der Waals surface area (Å²) in [5, 5.41) is 3.22. The standard InChI is InChI=1S/C13H18FNO2S/c1-3-6-15-8-10-7-11(14)4-5-12(10)18-9-13(16)17-2/h4-5,7,15H,3,6,8-9H2,1-2H3. The molecular weight excluding hydrogens is 253 g/mol. The van der Waals surface area contributed by atoms with Gasteiger partial charge in [0.05, 0.1) is 12.9 Å². The lowest BCUT2D eigenvalue weighted by Gasteiger charge is -2.09. The molecule has 0 saturated heterocycles. The van der Waals surface area contributed by atoms with Gasteiger partial charge in [-0.15, -0.1) is 11.8 Å². The highest BCUT2D eigenvalue weighted by molar-refractivity contribution is 8.00. The lowest BCUT2D eigenvalue weighted by Crippen LogP contribution is -2.14. The minimum absolute atomic E-state index is 0.239. The van der Waals surface area contributed by atoms with E-state index in [1.807, 2.05) is 0 Å². The summed E-state index contributed by atoms with van der Waals surface area (Å²) in [6.45, 7) is 3.57. The number of benzene rings is 1. The second kappa shape index (κ2) is 8.11. The molecule has 1 aromatic carbocycles. The van der Waals surface area contributed by atoms with Gasteiger partial charge in [-0.25, -0.2) is 4.39 Å². The maximum Gasteiger partial charge on any atom is 0.315 e. The Morgan fingerprint density at radius 1 is 1.50 bits per heavy atom. The summed E-state index contributed by atoms with van der Waals surface area (Å²) in [7, 11) is 1.36. The Balaban J connectivity index is 2.66. The Bertz CT molecular complexity index is 399. The average molecular weight is 271 g/mol. The molecule has 0 atom stereocenters. The van der Waals surface area contributed by atoms with Crippen molar-refractivity contribution >= 4 is 17.7 Å². The number of thioether (sulfide) groups is 1. The third-order valence-electron chi connectivity index (χ3n) is 2.34. The highest BCUT2D eigenvalue weighted by Gasteiger charge is 2.07. The highest BCUT2D eigenvalue weighted by atomic mass is 32.2. The maximum atomic E-state index is 13.2. The van der Waals surface area contributed by atoms with Crippen LogP contribution in [0.4, 0.5) is 4.39 Å². The van der Waals surface area contributed by atoms with E-state index in [9.17, 15) is 9.18 Å². The molecule has 0 aliphatic heterocycles. The first-order valence-corrected chi connectivity index (χ1v) is 6.84. The second-order valence-corrected chi connectivity index (χ2v) is 4.81. The van der Waals surface area contributed by atoms with E-state index in [4.69, 9.17) is 0 Å². The topological polar surface area (TPSA) is 38.3 Å². The number of ether oxygens (including phenoxy) is 1. The molecule has 3 nitrogen and oxygen atoms in total. The Labute approximate surface area is 111 Å². The number of esters is 1. The van der Waals surface area contributed by atoms with Crippen LogP contribution in [-0.4, -0.2) is 25.4 Å². The van der Waals surface area contributed by atoms with Gasteiger partial charge < -0.3 is 10.1 Å². The molecule has 0 amide bonds. The molecule has 0 fully saturated rings. The molecule has 0 aliphatic carbocycles. The monoisotopic (exact) mass is 271 g/mol. The van der Waals surface area contributed by atoms with Gasteiger partial charge in [0, 0.05) is 11.4 Å². The fraction of sp³-hybridized carbons (Fsp3) is 0.462. The minimum Gasteiger partial charge on any atom is -0.468 e. The highest BCUT2D eigenvalue weighted by Crippen LogP contribution is 2.23. The molecular formula is C13H18FNO2S. The smallest absolute Gasteiger partial charge is 0.315 e. The van der Waals surface area contributed by atoms with Gasteiger partial charge in [-0.1, -0.05) is 6.92 Å². The van der Waals surface area contributed by atoms with Crippen LogP contribution in [0.2, 0.25) is 0 Å². The van der Waals surface area contributed by atoms with Gasteiger partial charge in [0.1, 0.15) is 5.82 Å². The SMILES string of the molecule is CCCNCc1cc(F)ccc1SCC(=O)OC. The van der Waals surface area contributed by atoms with Gasteiger partial charge in [0.2, 0.25) is 0 Å². The van der Waals surface area contributed by atoms with Gasteiger partial charge in [-0.2, -0.15) is 0 Å². The van der Waals surface area contributed by atoms with Crippen molar-refractivity contribution in [2.24, 2.45) is 0 Å². The Kier molecular flexibility index (Phi) is 6.75.